The van der Waals surface area contributed by atoms with Crippen molar-refractivity contribution in [1.82, 2.24) is 0 Å². The van der Waals surface area contributed by atoms with E-state index in [4.69, 9.17) is 9.05 Å². The minimum Gasteiger partial charge on any atom is -0.307 e. The summed E-state index contributed by atoms with van der Waals surface area (Å²) in [6.45, 7) is 0. The SMILES string of the molecule is COP(=O)(OC)/C(Br)=N/Nc1ccccc1. The van der Waals surface area contributed by atoms with Crippen molar-refractivity contribution in [3.63, 3.8) is 0 Å². The highest BCUT2D eigenvalue weighted by molar-refractivity contribution is 9.20. The summed E-state index contributed by atoms with van der Waals surface area (Å²) in [5.74, 6) is 0. The zero-order valence-electron chi connectivity index (χ0n) is 8.88. The van der Waals surface area contributed by atoms with Gasteiger partial charge < -0.3 is 9.05 Å². The van der Waals surface area contributed by atoms with Gasteiger partial charge in [-0.2, -0.15) is 5.10 Å². The number of rotatable bonds is 5. The second-order valence-electron chi connectivity index (χ2n) is 2.72. The monoisotopic (exact) mass is 306 g/mol. The summed E-state index contributed by atoms with van der Waals surface area (Å²) in [6, 6.07) is 9.26. The van der Waals surface area contributed by atoms with E-state index >= 15 is 0 Å². The highest BCUT2D eigenvalue weighted by Gasteiger charge is 2.27. The number of hydrogen-bond donors (Lipinski definition) is 1. The summed E-state index contributed by atoms with van der Waals surface area (Å²) in [7, 11) is -0.715. The Hall–Kier alpha value is -0.680. The lowest BCUT2D eigenvalue weighted by atomic mass is 10.3. The molecule has 1 aromatic rings. The van der Waals surface area contributed by atoms with Crippen LogP contribution in [0, 0.1) is 0 Å². The van der Waals surface area contributed by atoms with Crippen LogP contribution >= 0.6 is 23.5 Å². The summed E-state index contributed by atoms with van der Waals surface area (Å²) in [5.41, 5.74) is 3.50. The quantitative estimate of drug-likeness (QED) is 0.515. The lowest BCUT2D eigenvalue weighted by Gasteiger charge is -2.11. The molecule has 5 nitrogen and oxygen atoms in total. The van der Waals surface area contributed by atoms with Gasteiger partial charge in [0, 0.05) is 14.2 Å². The van der Waals surface area contributed by atoms with Crippen molar-refractivity contribution in [3.05, 3.63) is 30.3 Å². The van der Waals surface area contributed by atoms with Crippen LogP contribution in [-0.2, 0) is 13.6 Å². The fraction of sp³-hybridized carbons (Fsp3) is 0.222. The Morgan fingerprint density at radius 3 is 2.38 bits per heavy atom. The fourth-order valence-corrected chi connectivity index (χ4v) is 2.49. The van der Waals surface area contributed by atoms with Gasteiger partial charge in [-0.1, -0.05) is 18.2 Å². The van der Waals surface area contributed by atoms with Gasteiger partial charge in [0.05, 0.1) is 5.69 Å². The Kier molecular flexibility index (Phi) is 5.15. The number of anilines is 1. The average Bonchev–Trinajstić information content (AvgIpc) is 2.36. The number of para-hydroxylation sites is 1. The van der Waals surface area contributed by atoms with E-state index in [1.165, 1.54) is 14.2 Å². The Bertz CT molecular complexity index is 402. The molecule has 0 atom stereocenters. The Morgan fingerprint density at radius 1 is 1.31 bits per heavy atom. The van der Waals surface area contributed by atoms with E-state index in [1.807, 2.05) is 30.3 Å². The van der Waals surface area contributed by atoms with Gasteiger partial charge in [0.2, 0.25) is 4.36 Å². The molecule has 1 aromatic carbocycles. The van der Waals surface area contributed by atoms with Crippen LogP contribution in [0.1, 0.15) is 0 Å². The van der Waals surface area contributed by atoms with Gasteiger partial charge in [-0.25, -0.2) is 0 Å². The van der Waals surface area contributed by atoms with E-state index in [0.29, 0.717) is 0 Å². The van der Waals surface area contributed by atoms with Gasteiger partial charge in [0.1, 0.15) is 0 Å². The minimum atomic E-state index is -3.30. The van der Waals surface area contributed by atoms with Gasteiger partial charge in [-0.3, -0.25) is 9.99 Å². The molecule has 1 rings (SSSR count). The van der Waals surface area contributed by atoms with E-state index in [2.05, 4.69) is 26.5 Å². The van der Waals surface area contributed by atoms with Gasteiger partial charge in [0.25, 0.3) is 0 Å². The van der Waals surface area contributed by atoms with Gasteiger partial charge >= 0.3 is 7.60 Å². The standard InChI is InChI=1S/C9H12BrN2O3P/c1-14-16(13,15-2)9(10)12-11-8-6-4-3-5-7-8/h3-7,11H,1-2H3/b12-9+. The third-order valence-electron chi connectivity index (χ3n) is 1.76. The summed E-state index contributed by atoms with van der Waals surface area (Å²) in [6.07, 6.45) is 0. The molecule has 0 aliphatic heterocycles. The molecular formula is C9H12BrN2O3P. The van der Waals surface area contributed by atoms with Crippen LogP contribution in [-0.4, -0.2) is 18.6 Å². The predicted molar refractivity (Wildman–Crippen MR) is 68.1 cm³/mol. The molecule has 0 saturated heterocycles. The molecule has 0 fully saturated rings. The molecule has 1 N–H and O–H groups in total. The van der Waals surface area contributed by atoms with E-state index in [-0.39, 0.29) is 4.36 Å². The van der Waals surface area contributed by atoms with Crippen molar-refractivity contribution in [1.29, 1.82) is 0 Å². The van der Waals surface area contributed by atoms with Crippen LogP contribution < -0.4 is 5.43 Å². The molecule has 0 aromatic heterocycles. The Labute approximate surface area is 102 Å². The fourth-order valence-electron chi connectivity index (χ4n) is 0.910. The molecular weight excluding hydrogens is 295 g/mol. The molecule has 0 unspecified atom stereocenters. The molecule has 0 radical (unpaired) electrons. The number of hydrogen-bond acceptors (Lipinski definition) is 5. The third-order valence-corrected chi connectivity index (χ3v) is 4.75. The van der Waals surface area contributed by atoms with E-state index < -0.39 is 7.60 Å². The summed E-state index contributed by atoms with van der Waals surface area (Å²) < 4.78 is 21.4. The number of halogens is 1. The number of benzene rings is 1. The topological polar surface area (TPSA) is 59.9 Å². The molecule has 88 valence electrons. The van der Waals surface area contributed by atoms with E-state index in [0.717, 1.165) is 5.69 Å². The van der Waals surface area contributed by atoms with Crippen molar-refractivity contribution in [2.75, 3.05) is 19.6 Å². The first-order valence-electron chi connectivity index (χ1n) is 4.38. The highest BCUT2D eigenvalue weighted by atomic mass is 79.9. The molecule has 7 heteroatoms. The van der Waals surface area contributed by atoms with Crippen LogP contribution in [0.25, 0.3) is 0 Å². The Balaban J connectivity index is 2.75. The summed E-state index contributed by atoms with van der Waals surface area (Å²) in [4.78, 5) is 0. The number of hydrazone groups is 1. The lowest BCUT2D eigenvalue weighted by molar-refractivity contribution is 0.291. The second kappa shape index (κ2) is 6.15. The van der Waals surface area contributed by atoms with Gasteiger partial charge in [-0.05, 0) is 28.1 Å². The van der Waals surface area contributed by atoms with Crippen molar-refractivity contribution in [2.45, 2.75) is 0 Å². The maximum absolute atomic E-state index is 11.8. The maximum atomic E-state index is 11.8. The summed E-state index contributed by atoms with van der Waals surface area (Å²) in [5, 5.41) is 3.88. The lowest BCUT2D eigenvalue weighted by Crippen LogP contribution is -1.99. The van der Waals surface area contributed by atoms with Crippen molar-refractivity contribution < 1.29 is 13.6 Å². The second-order valence-corrected chi connectivity index (χ2v) is 6.23. The first-order chi connectivity index (χ1) is 7.62. The van der Waals surface area contributed by atoms with Crippen LogP contribution in [0.4, 0.5) is 5.69 Å². The molecule has 16 heavy (non-hydrogen) atoms. The first kappa shape index (κ1) is 13.4. The first-order valence-corrected chi connectivity index (χ1v) is 6.72. The average molecular weight is 307 g/mol. The van der Waals surface area contributed by atoms with E-state index in [9.17, 15) is 4.57 Å². The number of nitrogens with zero attached hydrogens (tertiary/aromatic N) is 1. The molecule has 0 spiro atoms. The van der Waals surface area contributed by atoms with E-state index in [1.54, 1.807) is 0 Å². The van der Waals surface area contributed by atoms with Gasteiger partial charge in [-0.15, -0.1) is 0 Å². The van der Waals surface area contributed by atoms with Crippen molar-refractivity contribution in [2.24, 2.45) is 5.10 Å². The highest BCUT2D eigenvalue weighted by Crippen LogP contribution is 2.50. The number of nitrogens with one attached hydrogen (secondary N) is 1. The Morgan fingerprint density at radius 2 is 1.88 bits per heavy atom. The zero-order chi connectivity index (χ0) is 12.0. The maximum Gasteiger partial charge on any atom is 0.387 e. The van der Waals surface area contributed by atoms with Crippen LogP contribution in [0.2, 0.25) is 0 Å². The van der Waals surface area contributed by atoms with Gasteiger partial charge in [0.15, 0.2) is 0 Å². The van der Waals surface area contributed by atoms with Crippen molar-refractivity contribution >= 4 is 33.6 Å². The molecule has 0 aliphatic carbocycles. The van der Waals surface area contributed by atoms with Crippen LogP contribution in [0.3, 0.4) is 0 Å². The third kappa shape index (κ3) is 3.42. The minimum absolute atomic E-state index is 0.0915. The molecule has 0 heterocycles. The molecule has 0 aliphatic rings. The molecule has 0 saturated carbocycles. The zero-order valence-corrected chi connectivity index (χ0v) is 11.4. The molecule has 0 amide bonds. The normalized spacial score (nSPS) is 12.6. The predicted octanol–water partition coefficient (Wildman–Crippen LogP) is 3.25. The van der Waals surface area contributed by atoms with Crippen molar-refractivity contribution in [3.8, 4) is 0 Å². The van der Waals surface area contributed by atoms with Crippen LogP contribution in [0.5, 0.6) is 0 Å². The van der Waals surface area contributed by atoms with Crippen LogP contribution in [0.15, 0.2) is 35.4 Å². The summed E-state index contributed by atoms with van der Waals surface area (Å²) >= 11 is 3.05. The smallest absolute Gasteiger partial charge is 0.307 e. The molecule has 0 bridgehead atoms. The largest absolute Gasteiger partial charge is 0.387 e.